The van der Waals surface area contributed by atoms with E-state index in [1.54, 1.807) is 5.57 Å². The van der Waals surface area contributed by atoms with Crippen molar-refractivity contribution in [3.63, 3.8) is 0 Å². The molecular formula is C15H24O. The van der Waals surface area contributed by atoms with Crippen molar-refractivity contribution in [1.29, 1.82) is 0 Å². The Morgan fingerprint density at radius 2 is 1.81 bits per heavy atom. The summed E-state index contributed by atoms with van der Waals surface area (Å²) in [6.45, 7) is 8.50. The van der Waals surface area contributed by atoms with E-state index in [0.717, 1.165) is 6.42 Å². The molecule has 90 valence electrons. The lowest BCUT2D eigenvalue weighted by molar-refractivity contribution is 0.0324. The molecule has 0 spiro atoms. The van der Waals surface area contributed by atoms with Crippen molar-refractivity contribution < 1.29 is 5.11 Å². The molecule has 3 unspecified atom stereocenters. The number of hydrogen-bond acceptors (Lipinski definition) is 1. The van der Waals surface area contributed by atoms with Crippen LogP contribution in [0.15, 0.2) is 23.3 Å². The summed E-state index contributed by atoms with van der Waals surface area (Å²) in [5.74, 6) is 1.64. The zero-order chi connectivity index (χ0) is 11.9. The van der Waals surface area contributed by atoms with Crippen molar-refractivity contribution in [2.75, 3.05) is 0 Å². The zero-order valence-corrected chi connectivity index (χ0v) is 11.0. The first kappa shape index (κ1) is 11.9. The summed E-state index contributed by atoms with van der Waals surface area (Å²) in [4.78, 5) is 0. The van der Waals surface area contributed by atoms with Crippen LogP contribution in [0.2, 0.25) is 0 Å². The van der Waals surface area contributed by atoms with Crippen LogP contribution in [0, 0.1) is 17.8 Å². The van der Waals surface area contributed by atoms with Gasteiger partial charge < -0.3 is 5.11 Å². The molecule has 2 rings (SSSR count). The second kappa shape index (κ2) is 4.03. The van der Waals surface area contributed by atoms with Crippen LogP contribution >= 0.6 is 0 Å². The van der Waals surface area contributed by atoms with E-state index < -0.39 is 5.60 Å². The molecule has 0 aliphatic heterocycles. The van der Waals surface area contributed by atoms with Crippen molar-refractivity contribution in [2.24, 2.45) is 17.8 Å². The van der Waals surface area contributed by atoms with E-state index in [1.807, 2.05) is 13.8 Å². The lowest BCUT2D eigenvalue weighted by Crippen LogP contribution is -2.29. The number of allylic oxidation sites excluding steroid dienone is 3. The zero-order valence-electron chi connectivity index (χ0n) is 11.0. The molecule has 0 radical (unpaired) electrons. The Morgan fingerprint density at radius 3 is 2.44 bits per heavy atom. The largest absolute Gasteiger partial charge is 0.390 e. The first-order chi connectivity index (χ1) is 7.39. The van der Waals surface area contributed by atoms with Crippen molar-refractivity contribution in [3.8, 4) is 0 Å². The Morgan fingerprint density at radius 1 is 1.12 bits per heavy atom. The fraction of sp³-hybridized carbons (Fsp3) is 0.733. The molecule has 0 aromatic rings. The Labute approximate surface area is 99.3 Å². The van der Waals surface area contributed by atoms with Crippen LogP contribution in [0.1, 0.15) is 47.0 Å². The molecule has 0 bridgehead atoms. The normalized spacial score (nSPS) is 35.2. The second-order valence-corrected chi connectivity index (χ2v) is 6.16. The van der Waals surface area contributed by atoms with Gasteiger partial charge in [-0.2, -0.15) is 0 Å². The van der Waals surface area contributed by atoms with Crippen molar-refractivity contribution in [3.05, 3.63) is 23.3 Å². The quantitative estimate of drug-likeness (QED) is 0.714. The minimum absolute atomic E-state index is 0.316. The molecule has 1 N–H and O–H groups in total. The Hall–Kier alpha value is -0.560. The molecule has 0 aromatic carbocycles. The van der Waals surface area contributed by atoms with Gasteiger partial charge in [0.15, 0.2) is 0 Å². The third-order valence-electron chi connectivity index (χ3n) is 4.29. The van der Waals surface area contributed by atoms with E-state index in [9.17, 15) is 5.11 Å². The van der Waals surface area contributed by atoms with Gasteiger partial charge in [0.1, 0.15) is 0 Å². The topological polar surface area (TPSA) is 20.2 Å². The molecule has 0 fully saturated rings. The maximum absolute atomic E-state index is 10.2. The van der Waals surface area contributed by atoms with Crippen LogP contribution in [-0.4, -0.2) is 10.7 Å². The van der Waals surface area contributed by atoms with Crippen LogP contribution in [0.3, 0.4) is 0 Å². The average Bonchev–Trinajstić information content (AvgIpc) is 2.42. The highest BCUT2D eigenvalue weighted by molar-refractivity contribution is 5.41. The van der Waals surface area contributed by atoms with Gasteiger partial charge in [-0.05, 0) is 56.1 Å². The molecule has 0 saturated carbocycles. The predicted molar refractivity (Wildman–Crippen MR) is 68.1 cm³/mol. The standard InChI is InChI=1S/C15H24O/c1-10-5-7-12(15(3,4)16)9-14-11(2)6-8-13(10)14/h8-12,16H,5-7H2,1-4H3. The summed E-state index contributed by atoms with van der Waals surface area (Å²) in [7, 11) is 0. The molecule has 2 aliphatic rings. The van der Waals surface area contributed by atoms with Crippen LogP contribution < -0.4 is 0 Å². The van der Waals surface area contributed by atoms with Gasteiger partial charge in [-0.3, -0.25) is 0 Å². The van der Waals surface area contributed by atoms with Gasteiger partial charge in [0.05, 0.1) is 5.60 Å². The van der Waals surface area contributed by atoms with E-state index in [0.29, 0.717) is 17.8 Å². The van der Waals surface area contributed by atoms with Gasteiger partial charge in [-0.1, -0.05) is 26.0 Å². The highest BCUT2D eigenvalue weighted by Crippen LogP contribution is 2.42. The van der Waals surface area contributed by atoms with Crippen molar-refractivity contribution in [2.45, 2.75) is 52.6 Å². The van der Waals surface area contributed by atoms with Gasteiger partial charge in [0.2, 0.25) is 0 Å². The van der Waals surface area contributed by atoms with Crippen LogP contribution in [-0.2, 0) is 0 Å². The van der Waals surface area contributed by atoms with Crippen LogP contribution in [0.5, 0.6) is 0 Å². The molecular weight excluding hydrogens is 196 g/mol. The minimum atomic E-state index is -0.579. The first-order valence-corrected chi connectivity index (χ1v) is 6.54. The summed E-state index contributed by atoms with van der Waals surface area (Å²) < 4.78 is 0. The van der Waals surface area contributed by atoms with Gasteiger partial charge in [-0.25, -0.2) is 0 Å². The number of fused-ring (bicyclic) bond motifs is 1. The van der Waals surface area contributed by atoms with Crippen LogP contribution in [0.4, 0.5) is 0 Å². The number of hydrogen-bond donors (Lipinski definition) is 1. The van der Waals surface area contributed by atoms with Crippen LogP contribution in [0.25, 0.3) is 0 Å². The highest BCUT2D eigenvalue weighted by atomic mass is 16.3. The van der Waals surface area contributed by atoms with E-state index in [-0.39, 0.29) is 0 Å². The monoisotopic (exact) mass is 220 g/mol. The van der Waals surface area contributed by atoms with Gasteiger partial charge in [0, 0.05) is 5.92 Å². The molecule has 1 nitrogen and oxygen atoms in total. The lowest BCUT2D eigenvalue weighted by atomic mass is 9.85. The molecule has 2 aliphatic carbocycles. The van der Waals surface area contributed by atoms with E-state index >= 15 is 0 Å². The average molecular weight is 220 g/mol. The summed E-state index contributed by atoms with van der Waals surface area (Å²) in [5, 5.41) is 10.2. The smallest absolute Gasteiger partial charge is 0.0654 e. The molecule has 0 saturated heterocycles. The molecule has 16 heavy (non-hydrogen) atoms. The molecule has 0 aromatic heterocycles. The van der Waals surface area contributed by atoms with Gasteiger partial charge >= 0.3 is 0 Å². The fourth-order valence-electron chi connectivity index (χ4n) is 3.02. The Balaban J connectivity index is 2.33. The molecule has 0 amide bonds. The highest BCUT2D eigenvalue weighted by Gasteiger charge is 2.32. The Bertz CT molecular complexity index is 330. The van der Waals surface area contributed by atoms with E-state index in [2.05, 4.69) is 26.0 Å². The lowest BCUT2D eigenvalue weighted by Gasteiger charge is -2.26. The first-order valence-electron chi connectivity index (χ1n) is 6.54. The fourth-order valence-corrected chi connectivity index (χ4v) is 3.02. The molecule has 1 heteroatoms. The predicted octanol–water partition coefficient (Wildman–Crippen LogP) is 3.70. The minimum Gasteiger partial charge on any atom is -0.390 e. The third kappa shape index (κ3) is 2.10. The van der Waals surface area contributed by atoms with E-state index in [1.165, 1.54) is 18.4 Å². The second-order valence-electron chi connectivity index (χ2n) is 6.16. The number of rotatable bonds is 1. The molecule has 3 atom stereocenters. The Kier molecular flexibility index (Phi) is 3.00. The SMILES string of the molecule is CC1CC=C2C1=CC(C(C)(C)O)CCC2C. The van der Waals surface area contributed by atoms with Crippen molar-refractivity contribution >= 4 is 0 Å². The van der Waals surface area contributed by atoms with E-state index in [4.69, 9.17) is 0 Å². The summed E-state index contributed by atoms with van der Waals surface area (Å²) in [6.07, 6.45) is 8.26. The summed E-state index contributed by atoms with van der Waals surface area (Å²) in [5.41, 5.74) is 2.49. The van der Waals surface area contributed by atoms with Crippen molar-refractivity contribution in [1.82, 2.24) is 0 Å². The van der Waals surface area contributed by atoms with Gasteiger partial charge in [-0.15, -0.1) is 0 Å². The maximum atomic E-state index is 10.2. The number of aliphatic hydroxyl groups is 1. The third-order valence-corrected chi connectivity index (χ3v) is 4.29. The molecule has 0 heterocycles. The summed E-state index contributed by atoms with van der Waals surface area (Å²) in [6, 6.07) is 0. The van der Waals surface area contributed by atoms with Gasteiger partial charge in [0.25, 0.3) is 0 Å². The summed E-state index contributed by atoms with van der Waals surface area (Å²) >= 11 is 0. The maximum Gasteiger partial charge on any atom is 0.0654 e.